The summed E-state index contributed by atoms with van der Waals surface area (Å²) in [5.41, 5.74) is 0. The fourth-order valence-electron chi connectivity index (χ4n) is 3.12. The van der Waals surface area contributed by atoms with Crippen LogP contribution in [0.15, 0.2) is 18.7 Å². The number of aryl methyl sites for hydroxylation is 2. The molecule has 0 spiro atoms. The third kappa shape index (κ3) is 14.3. The zero-order valence-corrected chi connectivity index (χ0v) is 15.2. The second-order valence-corrected chi connectivity index (χ2v) is 6.91. The first-order chi connectivity index (χ1) is 10.8. The molecule has 0 aromatic carbocycles. The number of hydrogen-bond acceptors (Lipinski definition) is 0. The summed E-state index contributed by atoms with van der Waals surface area (Å²) in [7, 11) is 2.09. The molecule has 0 aliphatic carbocycles. The third-order valence-corrected chi connectivity index (χ3v) is 4.59. The fourth-order valence-corrected chi connectivity index (χ4v) is 3.12. The summed E-state index contributed by atoms with van der Waals surface area (Å²) >= 11 is 0. The summed E-state index contributed by atoms with van der Waals surface area (Å²) in [4.78, 5) is 0. The van der Waals surface area contributed by atoms with Gasteiger partial charge in [-0.3, -0.25) is 0 Å². The molecule has 1 aromatic heterocycles. The van der Waals surface area contributed by atoms with Crippen molar-refractivity contribution >= 4 is 29.6 Å². The maximum absolute atomic E-state index is 2.29. The maximum atomic E-state index is 2.29. The van der Waals surface area contributed by atoms with Gasteiger partial charge in [0.15, 0.2) is 0 Å². The van der Waals surface area contributed by atoms with Gasteiger partial charge in [-0.05, 0) is 12.8 Å². The minimum atomic E-state index is 0. The van der Waals surface area contributed by atoms with Gasteiger partial charge in [0.2, 0.25) is 6.33 Å². The number of rotatable bonds is 15. The molecule has 0 aliphatic rings. The van der Waals surface area contributed by atoms with Crippen LogP contribution in [-0.2, 0) is 13.6 Å². The van der Waals surface area contributed by atoms with Gasteiger partial charge in [0.1, 0.15) is 12.4 Å². The molecule has 0 saturated heterocycles. The van der Waals surface area contributed by atoms with E-state index in [-0.39, 0.29) is 29.6 Å². The molecule has 1 heterocycles. The van der Waals surface area contributed by atoms with Crippen LogP contribution in [0.1, 0.15) is 96.8 Å². The van der Waals surface area contributed by atoms with Crippen molar-refractivity contribution in [3.05, 3.63) is 18.7 Å². The van der Waals surface area contributed by atoms with E-state index in [0.29, 0.717) is 0 Å². The molecule has 0 bridgehead atoms. The number of unbranched alkanes of at least 4 members (excludes halogenated alkanes) is 13. The van der Waals surface area contributed by atoms with Gasteiger partial charge in [-0.2, -0.15) is 0 Å². The average Bonchev–Trinajstić information content (AvgIpc) is 2.93. The second kappa shape index (κ2) is 17.0. The van der Waals surface area contributed by atoms with E-state index in [2.05, 4.69) is 41.8 Å². The van der Waals surface area contributed by atoms with E-state index in [1.807, 2.05) is 0 Å². The van der Waals surface area contributed by atoms with Crippen molar-refractivity contribution in [3.63, 3.8) is 0 Å². The molecule has 0 radical (unpaired) electrons. The number of imidazole rings is 1. The van der Waals surface area contributed by atoms with Gasteiger partial charge in [0.05, 0.1) is 13.6 Å². The van der Waals surface area contributed by atoms with Gasteiger partial charge < -0.3 is 0 Å². The Bertz CT molecular complexity index is 349. The summed E-state index contributed by atoms with van der Waals surface area (Å²) in [6, 6.07) is 0. The van der Waals surface area contributed by atoms with Gasteiger partial charge >= 0.3 is 29.6 Å². The summed E-state index contributed by atoms with van der Waals surface area (Å²) < 4.78 is 4.41. The molecule has 0 fully saturated rings. The molecule has 2 nitrogen and oxygen atoms in total. The van der Waals surface area contributed by atoms with Gasteiger partial charge in [-0.15, -0.1) is 0 Å². The molecule has 130 valence electrons. The minimum absolute atomic E-state index is 0. The standard InChI is InChI=1S/C20H39N2.Na.H/c1-3-4-5-6-7-8-9-10-11-12-13-14-15-16-17-22-19-18-21(2)20-22;;/h18-20H,3-17H2,1-2H3;;/q+1;;. The molecule has 0 amide bonds. The monoisotopic (exact) mass is 331 g/mol. The molecule has 0 unspecified atom stereocenters. The quantitative estimate of drug-likeness (QED) is 0.239. The van der Waals surface area contributed by atoms with Crippen LogP contribution in [0.5, 0.6) is 0 Å². The van der Waals surface area contributed by atoms with Crippen LogP contribution in [0.4, 0.5) is 0 Å². The Hall–Kier alpha value is 0.210. The molecule has 0 N–H and O–H groups in total. The van der Waals surface area contributed by atoms with Crippen molar-refractivity contribution < 1.29 is 4.57 Å². The summed E-state index contributed by atoms with van der Waals surface area (Å²) in [5.74, 6) is 0. The van der Waals surface area contributed by atoms with E-state index in [1.165, 1.54) is 96.4 Å². The molecule has 0 saturated carbocycles. The summed E-state index contributed by atoms with van der Waals surface area (Å²) in [6.45, 7) is 3.47. The summed E-state index contributed by atoms with van der Waals surface area (Å²) in [5, 5.41) is 0. The normalized spacial score (nSPS) is 10.7. The SMILES string of the molecule is CCCCCCCCCCCCCCCC[n+]1ccn(C)c1.[NaH]. The average molecular weight is 332 g/mol. The Morgan fingerprint density at radius 1 is 0.696 bits per heavy atom. The first-order valence-electron chi connectivity index (χ1n) is 9.84. The Kier molecular flexibility index (Phi) is 17.2. The van der Waals surface area contributed by atoms with Crippen LogP contribution < -0.4 is 4.57 Å². The Labute approximate surface area is 167 Å². The van der Waals surface area contributed by atoms with Gasteiger partial charge in [0, 0.05) is 0 Å². The fraction of sp³-hybridized carbons (Fsp3) is 0.850. The molecule has 0 aliphatic heterocycles. The van der Waals surface area contributed by atoms with E-state index < -0.39 is 0 Å². The molecule has 1 rings (SSSR count). The molecule has 3 heteroatoms. The molecule has 0 atom stereocenters. The van der Waals surface area contributed by atoms with Crippen LogP contribution in [-0.4, -0.2) is 34.1 Å². The molecule has 1 aromatic rings. The van der Waals surface area contributed by atoms with Crippen molar-refractivity contribution in [2.45, 2.75) is 103 Å². The van der Waals surface area contributed by atoms with E-state index in [1.54, 1.807) is 0 Å². The third-order valence-electron chi connectivity index (χ3n) is 4.59. The van der Waals surface area contributed by atoms with Crippen molar-refractivity contribution in [1.82, 2.24) is 4.57 Å². The van der Waals surface area contributed by atoms with Gasteiger partial charge in [0.25, 0.3) is 0 Å². The van der Waals surface area contributed by atoms with Crippen molar-refractivity contribution in [2.75, 3.05) is 0 Å². The van der Waals surface area contributed by atoms with Crippen LogP contribution in [0, 0.1) is 0 Å². The zero-order valence-electron chi connectivity index (χ0n) is 15.2. The van der Waals surface area contributed by atoms with E-state index in [0.717, 1.165) is 0 Å². The zero-order chi connectivity index (χ0) is 15.9. The molecular weight excluding hydrogens is 291 g/mol. The topological polar surface area (TPSA) is 8.81 Å². The van der Waals surface area contributed by atoms with E-state index in [4.69, 9.17) is 0 Å². The van der Waals surface area contributed by atoms with E-state index in [9.17, 15) is 0 Å². The Balaban J connectivity index is 0.00000484. The van der Waals surface area contributed by atoms with E-state index >= 15 is 0 Å². The second-order valence-electron chi connectivity index (χ2n) is 6.91. The van der Waals surface area contributed by atoms with Crippen LogP contribution in [0.3, 0.4) is 0 Å². The van der Waals surface area contributed by atoms with Gasteiger partial charge in [-0.25, -0.2) is 9.13 Å². The predicted molar refractivity (Wildman–Crippen MR) is 103 cm³/mol. The van der Waals surface area contributed by atoms with Crippen molar-refractivity contribution in [1.29, 1.82) is 0 Å². The first-order valence-corrected chi connectivity index (χ1v) is 9.84. The van der Waals surface area contributed by atoms with Crippen molar-refractivity contribution in [3.8, 4) is 0 Å². The first kappa shape index (κ1) is 23.2. The molecular formula is C20H40N2Na+. The van der Waals surface area contributed by atoms with Crippen LogP contribution in [0.2, 0.25) is 0 Å². The van der Waals surface area contributed by atoms with Gasteiger partial charge in [-0.1, -0.05) is 84.0 Å². The van der Waals surface area contributed by atoms with Crippen LogP contribution >= 0.6 is 0 Å². The summed E-state index contributed by atoms with van der Waals surface area (Å²) in [6.07, 6.45) is 26.5. The number of nitrogens with zero attached hydrogens (tertiary/aromatic N) is 2. The number of hydrogen-bond donors (Lipinski definition) is 0. The van der Waals surface area contributed by atoms with Crippen LogP contribution in [0.25, 0.3) is 0 Å². The Morgan fingerprint density at radius 3 is 1.52 bits per heavy atom. The molecule has 23 heavy (non-hydrogen) atoms. The van der Waals surface area contributed by atoms with Crippen molar-refractivity contribution in [2.24, 2.45) is 7.05 Å². The number of aromatic nitrogens is 2. The predicted octanol–water partition coefficient (Wildman–Crippen LogP) is 5.15. The Morgan fingerprint density at radius 2 is 1.13 bits per heavy atom.